The summed E-state index contributed by atoms with van der Waals surface area (Å²) < 4.78 is 19.8. The summed E-state index contributed by atoms with van der Waals surface area (Å²) in [5.41, 5.74) is 2.09. The highest BCUT2D eigenvalue weighted by Crippen LogP contribution is 2.28. The monoisotopic (exact) mass is 396 g/mol. The molecular weight excluding hydrogens is 371 g/mol. The first-order valence-corrected chi connectivity index (χ1v) is 10.1. The third-order valence-corrected chi connectivity index (χ3v) is 5.76. The molecule has 1 unspecified atom stereocenters. The molecule has 3 heterocycles. The van der Waals surface area contributed by atoms with Gasteiger partial charge in [0, 0.05) is 31.1 Å². The Labute approximate surface area is 169 Å². The van der Waals surface area contributed by atoms with Crippen molar-refractivity contribution in [1.82, 2.24) is 14.8 Å². The number of rotatable bonds is 4. The molecular formula is C22H25FN4O2. The number of carbonyl (C=O) groups is 1. The number of ether oxygens (including phenoxy) is 1. The van der Waals surface area contributed by atoms with Crippen molar-refractivity contribution < 1.29 is 13.9 Å². The molecule has 1 aromatic carbocycles. The number of hydrogen-bond acceptors (Lipinski definition) is 5. The number of likely N-dealkylation sites (tertiary alicyclic amines) is 2. The highest BCUT2D eigenvalue weighted by molar-refractivity contribution is 5.85. The Balaban J connectivity index is 1.32. The SMILES string of the molecule is Cc1ccc2c(OC3CCN(CC(=O)N4C[C@@H](F)CC4C#N)CC3)ccnc2c1. The Morgan fingerprint density at radius 3 is 2.90 bits per heavy atom. The molecule has 152 valence electrons. The first kappa shape index (κ1) is 19.6. The van der Waals surface area contributed by atoms with E-state index in [4.69, 9.17) is 10.00 Å². The highest BCUT2D eigenvalue weighted by atomic mass is 19.1. The number of fused-ring (bicyclic) bond motifs is 1. The Hall–Kier alpha value is -2.72. The van der Waals surface area contributed by atoms with E-state index in [1.807, 2.05) is 31.2 Å². The summed E-state index contributed by atoms with van der Waals surface area (Å²) >= 11 is 0. The first-order chi connectivity index (χ1) is 14.0. The van der Waals surface area contributed by atoms with Crippen LogP contribution in [0.1, 0.15) is 24.8 Å². The molecule has 0 radical (unpaired) electrons. The maximum absolute atomic E-state index is 13.6. The smallest absolute Gasteiger partial charge is 0.237 e. The van der Waals surface area contributed by atoms with E-state index in [-0.39, 0.29) is 31.5 Å². The van der Waals surface area contributed by atoms with Gasteiger partial charge in [-0.05, 0) is 43.5 Å². The van der Waals surface area contributed by atoms with E-state index in [2.05, 4.69) is 16.0 Å². The predicted octanol–water partition coefficient (Wildman–Crippen LogP) is 2.85. The second-order valence-corrected chi connectivity index (χ2v) is 7.95. The molecule has 2 saturated heterocycles. The maximum Gasteiger partial charge on any atom is 0.237 e. The summed E-state index contributed by atoms with van der Waals surface area (Å²) in [5.74, 6) is 0.680. The fourth-order valence-electron chi connectivity index (χ4n) is 4.16. The number of carbonyl (C=O) groups excluding carboxylic acids is 1. The second-order valence-electron chi connectivity index (χ2n) is 7.95. The topological polar surface area (TPSA) is 69.5 Å². The molecule has 6 nitrogen and oxygen atoms in total. The van der Waals surface area contributed by atoms with Gasteiger partial charge >= 0.3 is 0 Å². The third kappa shape index (κ3) is 4.33. The van der Waals surface area contributed by atoms with E-state index >= 15 is 0 Å². The lowest BCUT2D eigenvalue weighted by Crippen LogP contribution is -2.46. The number of benzene rings is 1. The molecule has 4 rings (SSSR count). The minimum atomic E-state index is -1.10. The van der Waals surface area contributed by atoms with Crippen LogP contribution in [0.3, 0.4) is 0 Å². The van der Waals surface area contributed by atoms with Crippen LogP contribution < -0.4 is 4.74 Å². The summed E-state index contributed by atoms with van der Waals surface area (Å²) in [6, 6.07) is 9.44. The van der Waals surface area contributed by atoms with Crippen LogP contribution in [0.4, 0.5) is 4.39 Å². The number of pyridine rings is 1. The zero-order chi connectivity index (χ0) is 20.4. The van der Waals surface area contributed by atoms with Crippen LogP contribution >= 0.6 is 0 Å². The lowest BCUT2D eigenvalue weighted by atomic mass is 10.1. The van der Waals surface area contributed by atoms with Crippen LogP contribution in [0.15, 0.2) is 30.5 Å². The van der Waals surface area contributed by atoms with Gasteiger partial charge in [0.1, 0.15) is 24.1 Å². The molecule has 2 aromatic rings. The van der Waals surface area contributed by atoms with Gasteiger partial charge in [0.05, 0.1) is 24.7 Å². The third-order valence-electron chi connectivity index (χ3n) is 5.76. The van der Waals surface area contributed by atoms with Gasteiger partial charge in [-0.3, -0.25) is 14.7 Å². The van der Waals surface area contributed by atoms with Crippen LogP contribution in [0.25, 0.3) is 10.9 Å². The van der Waals surface area contributed by atoms with Crippen LogP contribution in [-0.4, -0.2) is 65.2 Å². The molecule has 0 bridgehead atoms. The largest absolute Gasteiger partial charge is 0.490 e. The van der Waals surface area contributed by atoms with Crippen molar-refractivity contribution in [1.29, 1.82) is 5.26 Å². The second kappa shape index (κ2) is 8.34. The average Bonchev–Trinajstić information content (AvgIpc) is 3.10. The molecule has 2 atom stereocenters. The number of nitriles is 1. The Kier molecular flexibility index (Phi) is 5.63. The van der Waals surface area contributed by atoms with Gasteiger partial charge in [-0.25, -0.2) is 4.39 Å². The van der Waals surface area contributed by atoms with E-state index in [0.717, 1.165) is 48.1 Å². The van der Waals surface area contributed by atoms with Crippen molar-refractivity contribution >= 4 is 16.8 Å². The van der Waals surface area contributed by atoms with Crippen molar-refractivity contribution in [3.05, 3.63) is 36.0 Å². The number of hydrogen-bond donors (Lipinski definition) is 0. The normalized spacial score (nSPS) is 23.3. The number of aryl methyl sites for hydroxylation is 1. The molecule has 0 saturated carbocycles. The minimum absolute atomic E-state index is 0.0330. The molecule has 29 heavy (non-hydrogen) atoms. The fraction of sp³-hybridized carbons (Fsp3) is 0.500. The van der Waals surface area contributed by atoms with E-state index in [1.165, 1.54) is 4.90 Å². The van der Waals surface area contributed by atoms with E-state index in [1.54, 1.807) is 6.20 Å². The Morgan fingerprint density at radius 1 is 1.34 bits per heavy atom. The average molecular weight is 396 g/mol. The molecule has 1 aromatic heterocycles. The first-order valence-electron chi connectivity index (χ1n) is 10.1. The zero-order valence-corrected chi connectivity index (χ0v) is 16.6. The molecule has 1 amide bonds. The highest BCUT2D eigenvalue weighted by Gasteiger charge is 2.36. The van der Waals surface area contributed by atoms with Crippen molar-refractivity contribution in [2.24, 2.45) is 0 Å². The predicted molar refractivity (Wildman–Crippen MR) is 107 cm³/mol. The van der Waals surface area contributed by atoms with Gasteiger partial charge in [-0.1, -0.05) is 6.07 Å². The van der Waals surface area contributed by atoms with Crippen LogP contribution in [0, 0.1) is 18.3 Å². The summed E-state index contributed by atoms with van der Waals surface area (Å²) in [5, 5.41) is 10.1. The zero-order valence-electron chi connectivity index (χ0n) is 16.6. The van der Waals surface area contributed by atoms with Crippen LogP contribution in [0.2, 0.25) is 0 Å². The van der Waals surface area contributed by atoms with Crippen molar-refractivity contribution in [3.63, 3.8) is 0 Å². The van der Waals surface area contributed by atoms with Crippen molar-refractivity contribution in [2.75, 3.05) is 26.2 Å². The molecule has 0 spiro atoms. The summed E-state index contributed by atoms with van der Waals surface area (Å²) in [4.78, 5) is 20.4. The number of amides is 1. The number of nitrogens with zero attached hydrogens (tertiary/aromatic N) is 4. The van der Waals surface area contributed by atoms with E-state index < -0.39 is 12.2 Å². The van der Waals surface area contributed by atoms with Gasteiger partial charge in [-0.2, -0.15) is 5.26 Å². The van der Waals surface area contributed by atoms with Gasteiger partial charge in [0.2, 0.25) is 5.91 Å². The van der Waals surface area contributed by atoms with Crippen molar-refractivity contribution in [2.45, 2.75) is 44.5 Å². The Bertz CT molecular complexity index is 936. The number of piperidine rings is 1. The molecule has 7 heteroatoms. The molecule has 0 aliphatic carbocycles. The molecule has 2 aliphatic heterocycles. The van der Waals surface area contributed by atoms with Crippen LogP contribution in [0.5, 0.6) is 5.75 Å². The summed E-state index contributed by atoms with van der Waals surface area (Å²) in [6.07, 6.45) is 2.51. The number of alkyl halides is 1. The Morgan fingerprint density at radius 2 is 2.14 bits per heavy atom. The summed E-state index contributed by atoms with van der Waals surface area (Å²) in [7, 11) is 0. The van der Waals surface area contributed by atoms with Gasteiger partial charge in [0.15, 0.2) is 0 Å². The number of aromatic nitrogens is 1. The van der Waals surface area contributed by atoms with E-state index in [9.17, 15) is 9.18 Å². The summed E-state index contributed by atoms with van der Waals surface area (Å²) in [6.45, 7) is 3.78. The molecule has 0 N–H and O–H groups in total. The quantitative estimate of drug-likeness (QED) is 0.795. The fourth-order valence-corrected chi connectivity index (χ4v) is 4.16. The lowest BCUT2D eigenvalue weighted by Gasteiger charge is -2.33. The molecule has 2 fully saturated rings. The molecule has 2 aliphatic rings. The standard InChI is InChI=1S/C22H25FN4O2/c1-15-2-3-19-20(10-15)25-7-4-21(19)29-18-5-8-26(9-6-18)14-22(28)27-13-16(23)11-17(27)12-24/h2-4,7,10,16-18H,5-6,8-9,11,13-14H2,1H3/t16-,17?/m0/s1. The van der Waals surface area contributed by atoms with Gasteiger partial charge in [0.25, 0.3) is 0 Å². The minimum Gasteiger partial charge on any atom is -0.490 e. The number of halogens is 1. The lowest BCUT2D eigenvalue weighted by molar-refractivity contribution is -0.133. The maximum atomic E-state index is 13.6. The van der Waals surface area contributed by atoms with Gasteiger partial charge in [-0.15, -0.1) is 0 Å². The van der Waals surface area contributed by atoms with Crippen molar-refractivity contribution in [3.8, 4) is 11.8 Å². The van der Waals surface area contributed by atoms with Gasteiger partial charge < -0.3 is 9.64 Å². The van der Waals surface area contributed by atoms with Crippen LogP contribution in [-0.2, 0) is 4.79 Å². The van der Waals surface area contributed by atoms with E-state index in [0.29, 0.717) is 0 Å².